The normalized spacial score (nSPS) is 11.6. The first kappa shape index (κ1) is 13.2. The van der Waals surface area contributed by atoms with Gasteiger partial charge in [-0.15, -0.1) is 0 Å². The van der Waals surface area contributed by atoms with Crippen LogP contribution in [0.5, 0.6) is 0 Å². The molecule has 0 amide bonds. The highest BCUT2D eigenvalue weighted by Gasteiger charge is 2.19. The Morgan fingerprint density at radius 2 is 1.88 bits per heavy atom. The third-order valence-electron chi connectivity index (χ3n) is 1.70. The minimum atomic E-state index is -3.76. The SMILES string of the molecule is CS(=O)(=O)Nc1cc(F)c(F)c(CS)c1F. The summed E-state index contributed by atoms with van der Waals surface area (Å²) in [5.41, 5.74) is -1.25. The lowest BCUT2D eigenvalue weighted by molar-refractivity contribution is 0.487. The number of rotatable bonds is 3. The molecule has 0 radical (unpaired) electrons. The molecule has 0 aliphatic rings. The van der Waals surface area contributed by atoms with Crippen LogP contribution in [0.2, 0.25) is 0 Å². The van der Waals surface area contributed by atoms with Crippen molar-refractivity contribution >= 4 is 28.3 Å². The van der Waals surface area contributed by atoms with Crippen molar-refractivity contribution in [1.82, 2.24) is 0 Å². The van der Waals surface area contributed by atoms with Crippen LogP contribution < -0.4 is 4.72 Å². The van der Waals surface area contributed by atoms with Gasteiger partial charge in [-0.05, 0) is 0 Å². The maximum absolute atomic E-state index is 13.5. The van der Waals surface area contributed by atoms with Crippen molar-refractivity contribution in [3.05, 3.63) is 29.1 Å². The lowest BCUT2D eigenvalue weighted by Crippen LogP contribution is -2.13. The molecule has 0 heterocycles. The number of halogens is 3. The Hall–Kier alpha value is -0.890. The summed E-state index contributed by atoms with van der Waals surface area (Å²) in [4.78, 5) is 0. The highest BCUT2D eigenvalue weighted by Crippen LogP contribution is 2.25. The molecule has 0 aliphatic heterocycles. The fourth-order valence-corrected chi connectivity index (χ4v) is 1.89. The molecule has 0 saturated carbocycles. The van der Waals surface area contributed by atoms with Gasteiger partial charge in [0.2, 0.25) is 10.0 Å². The molecule has 0 aromatic heterocycles. The monoisotopic (exact) mass is 271 g/mol. The second kappa shape index (κ2) is 4.54. The molecule has 16 heavy (non-hydrogen) atoms. The predicted molar refractivity (Wildman–Crippen MR) is 57.5 cm³/mol. The second-order valence-electron chi connectivity index (χ2n) is 3.04. The summed E-state index contributed by atoms with van der Waals surface area (Å²) in [6.07, 6.45) is 0.772. The van der Waals surface area contributed by atoms with Crippen LogP contribution in [0.3, 0.4) is 0 Å². The summed E-state index contributed by atoms with van der Waals surface area (Å²) in [6, 6.07) is 0.443. The highest BCUT2D eigenvalue weighted by atomic mass is 32.2. The molecule has 0 aliphatic carbocycles. The van der Waals surface area contributed by atoms with E-state index < -0.39 is 38.7 Å². The number of anilines is 1. The van der Waals surface area contributed by atoms with E-state index in [1.807, 2.05) is 0 Å². The molecule has 0 bridgehead atoms. The summed E-state index contributed by atoms with van der Waals surface area (Å²) < 4.78 is 62.9. The maximum atomic E-state index is 13.5. The minimum Gasteiger partial charge on any atom is -0.281 e. The topological polar surface area (TPSA) is 46.2 Å². The standard InChI is InChI=1S/C8H8F3NO2S2/c1-16(13,14)12-6-2-5(9)7(10)4(3-15)8(6)11/h2,12,15H,3H2,1H3. The van der Waals surface area contributed by atoms with E-state index in [0.717, 1.165) is 6.26 Å². The Labute approximate surface area is 96.1 Å². The van der Waals surface area contributed by atoms with Crippen molar-refractivity contribution in [1.29, 1.82) is 0 Å². The fraction of sp³-hybridized carbons (Fsp3) is 0.250. The zero-order valence-electron chi connectivity index (χ0n) is 8.09. The number of nitrogens with one attached hydrogen (secondary N) is 1. The molecule has 0 unspecified atom stereocenters. The molecule has 0 atom stereocenters. The number of hydrogen-bond acceptors (Lipinski definition) is 3. The van der Waals surface area contributed by atoms with E-state index in [0.29, 0.717) is 6.07 Å². The van der Waals surface area contributed by atoms with Crippen LogP contribution in [0.25, 0.3) is 0 Å². The molecular weight excluding hydrogens is 263 g/mol. The number of sulfonamides is 1. The van der Waals surface area contributed by atoms with E-state index in [4.69, 9.17) is 0 Å². The van der Waals surface area contributed by atoms with Gasteiger partial charge in [-0.2, -0.15) is 12.6 Å². The lowest BCUT2D eigenvalue weighted by atomic mass is 10.2. The molecule has 0 spiro atoms. The van der Waals surface area contributed by atoms with Gasteiger partial charge in [-0.25, -0.2) is 21.6 Å². The third kappa shape index (κ3) is 2.82. The Morgan fingerprint density at radius 3 is 2.31 bits per heavy atom. The van der Waals surface area contributed by atoms with Crippen LogP contribution in [-0.2, 0) is 15.8 Å². The molecule has 0 fully saturated rings. The maximum Gasteiger partial charge on any atom is 0.229 e. The summed E-state index contributed by atoms with van der Waals surface area (Å²) in [5.74, 6) is -4.25. The third-order valence-corrected chi connectivity index (χ3v) is 2.61. The van der Waals surface area contributed by atoms with E-state index in [1.165, 1.54) is 0 Å². The largest absolute Gasteiger partial charge is 0.281 e. The van der Waals surface area contributed by atoms with E-state index >= 15 is 0 Å². The van der Waals surface area contributed by atoms with E-state index in [1.54, 1.807) is 4.72 Å². The number of hydrogen-bond donors (Lipinski definition) is 2. The zero-order valence-corrected chi connectivity index (χ0v) is 9.80. The number of benzene rings is 1. The predicted octanol–water partition coefficient (Wildman–Crippen LogP) is 1.91. The Balaban J connectivity index is 3.37. The summed E-state index contributed by atoms with van der Waals surface area (Å²) in [6.45, 7) is 0. The van der Waals surface area contributed by atoms with Crippen LogP contribution in [0, 0.1) is 17.5 Å². The Morgan fingerprint density at radius 1 is 1.31 bits per heavy atom. The van der Waals surface area contributed by atoms with E-state index in [-0.39, 0.29) is 5.75 Å². The van der Waals surface area contributed by atoms with Gasteiger partial charge in [-0.1, -0.05) is 0 Å². The fourth-order valence-electron chi connectivity index (χ4n) is 1.07. The summed E-state index contributed by atoms with van der Waals surface area (Å²) >= 11 is 3.63. The van der Waals surface area contributed by atoms with Crippen molar-refractivity contribution in [2.75, 3.05) is 11.0 Å². The first-order valence-corrected chi connectivity index (χ1v) is 6.53. The van der Waals surface area contributed by atoms with Crippen LogP contribution in [-0.4, -0.2) is 14.7 Å². The van der Waals surface area contributed by atoms with Crippen molar-refractivity contribution in [3.8, 4) is 0 Å². The molecule has 0 saturated heterocycles. The number of thiol groups is 1. The quantitative estimate of drug-likeness (QED) is 0.651. The molecule has 1 rings (SSSR count). The van der Waals surface area contributed by atoms with Gasteiger partial charge in [0.15, 0.2) is 17.5 Å². The molecule has 8 heteroatoms. The average Bonchev–Trinajstić information content (AvgIpc) is 2.13. The Kier molecular flexibility index (Phi) is 3.74. The molecule has 90 valence electrons. The van der Waals surface area contributed by atoms with Gasteiger partial charge in [0.25, 0.3) is 0 Å². The van der Waals surface area contributed by atoms with Crippen molar-refractivity contribution in [3.63, 3.8) is 0 Å². The van der Waals surface area contributed by atoms with Gasteiger partial charge in [0.1, 0.15) is 0 Å². The molecule has 1 N–H and O–H groups in total. The summed E-state index contributed by atoms with van der Waals surface area (Å²) in [7, 11) is -3.76. The molecule has 1 aromatic carbocycles. The van der Waals surface area contributed by atoms with Gasteiger partial charge in [0.05, 0.1) is 11.9 Å². The van der Waals surface area contributed by atoms with Crippen molar-refractivity contribution < 1.29 is 21.6 Å². The van der Waals surface area contributed by atoms with E-state index in [2.05, 4.69) is 12.6 Å². The van der Waals surface area contributed by atoms with Gasteiger partial charge in [0, 0.05) is 17.4 Å². The second-order valence-corrected chi connectivity index (χ2v) is 5.11. The van der Waals surface area contributed by atoms with Gasteiger partial charge >= 0.3 is 0 Å². The van der Waals surface area contributed by atoms with Crippen molar-refractivity contribution in [2.45, 2.75) is 5.75 Å². The lowest BCUT2D eigenvalue weighted by Gasteiger charge is -2.09. The molecular formula is C8H8F3NO2S2. The first-order valence-electron chi connectivity index (χ1n) is 4.01. The molecule has 1 aromatic rings. The van der Waals surface area contributed by atoms with Crippen LogP contribution in [0.15, 0.2) is 6.07 Å². The molecule has 3 nitrogen and oxygen atoms in total. The van der Waals surface area contributed by atoms with Crippen molar-refractivity contribution in [2.24, 2.45) is 0 Å². The van der Waals surface area contributed by atoms with Gasteiger partial charge in [-0.3, -0.25) is 4.72 Å². The Bertz CT molecular complexity index is 517. The smallest absolute Gasteiger partial charge is 0.229 e. The highest BCUT2D eigenvalue weighted by molar-refractivity contribution is 7.92. The first-order chi connectivity index (χ1) is 7.26. The zero-order chi connectivity index (χ0) is 12.5. The van der Waals surface area contributed by atoms with Crippen LogP contribution >= 0.6 is 12.6 Å². The van der Waals surface area contributed by atoms with E-state index in [9.17, 15) is 21.6 Å². The van der Waals surface area contributed by atoms with Crippen LogP contribution in [0.4, 0.5) is 18.9 Å². The summed E-state index contributed by atoms with van der Waals surface area (Å²) in [5, 5.41) is 0. The van der Waals surface area contributed by atoms with Gasteiger partial charge < -0.3 is 0 Å². The average molecular weight is 271 g/mol. The minimum absolute atomic E-state index is 0.381. The van der Waals surface area contributed by atoms with Crippen LogP contribution in [0.1, 0.15) is 5.56 Å².